The van der Waals surface area contributed by atoms with Crippen LogP contribution in [0.25, 0.3) is 0 Å². The predicted molar refractivity (Wildman–Crippen MR) is 48.0 cm³/mol. The van der Waals surface area contributed by atoms with Crippen LogP contribution in [-0.2, 0) is 21.7 Å². The Morgan fingerprint density at radius 1 is 1.50 bits per heavy atom. The standard InChI is InChI=1S/C11H15.Ti/c1-8-7-10-5-3-4-6-11(10)9(8)2;/h3-4,6,8,10H,5,7H2,1-2H3;/q-1;. The third kappa shape index (κ3) is 1.55. The Morgan fingerprint density at radius 2 is 2.25 bits per heavy atom. The Hall–Kier alpha value is 0.0643. The molecule has 0 aromatic heterocycles. The van der Waals surface area contributed by atoms with Gasteiger partial charge in [0, 0.05) is 21.7 Å². The van der Waals surface area contributed by atoms with Gasteiger partial charge in [-0.2, -0.15) is 0 Å². The Morgan fingerprint density at radius 3 is 2.92 bits per heavy atom. The number of allylic oxidation sites excluding steroid dienone is 4. The molecule has 0 aliphatic heterocycles. The summed E-state index contributed by atoms with van der Waals surface area (Å²) in [5.41, 5.74) is 1.63. The van der Waals surface area contributed by atoms with Gasteiger partial charge in [-0.25, -0.2) is 17.6 Å². The maximum atomic E-state index is 2.34. The molecule has 0 aromatic carbocycles. The summed E-state index contributed by atoms with van der Waals surface area (Å²) < 4.78 is 0. The molecule has 12 heavy (non-hydrogen) atoms. The quantitative estimate of drug-likeness (QED) is 0.411. The number of hydrogen-bond acceptors (Lipinski definition) is 0. The first-order valence-electron chi connectivity index (χ1n) is 4.49. The van der Waals surface area contributed by atoms with Crippen molar-refractivity contribution in [2.45, 2.75) is 26.7 Å². The largest absolute Gasteiger partial charge is 0.212 e. The molecule has 1 saturated carbocycles. The van der Waals surface area contributed by atoms with Gasteiger partial charge in [-0.3, -0.25) is 0 Å². The number of hydrogen-bond donors (Lipinski definition) is 0. The maximum Gasteiger partial charge on any atom is 0 e. The van der Waals surface area contributed by atoms with Crippen LogP contribution in [0, 0.1) is 17.8 Å². The van der Waals surface area contributed by atoms with Crippen molar-refractivity contribution in [1.82, 2.24) is 0 Å². The van der Waals surface area contributed by atoms with Gasteiger partial charge in [0.2, 0.25) is 0 Å². The van der Waals surface area contributed by atoms with E-state index in [9.17, 15) is 0 Å². The van der Waals surface area contributed by atoms with Gasteiger partial charge in [0.25, 0.3) is 0 Å². The smallest absolute Gasteiger partial charge is 0 e. The van der Waals surface area contributed by atoms with Gasteiger partial charge >= 0.3 is 0 Å². The van der Waals surface area contributed by atoms with E-state index in [0.717, 1.165) is 11.8 Å². The van der Waals surface area contributed by atoms with Crippen molar-refractivity contribution in [2.24, 2.45) is 11.8 Å². The van der Waals surface area contributed by atoms with Gasteiger partial charge in [0.05, 0.1) is 0 Å². The third-order valence-electron chi connectivity index (χ3n) is 3.10. The second-order valence-corrected chi connectivity index (χ2v) is 3.80. The predicted octanol–water partition coefficient (Wildman–Crippen LogP) is 3.12. The zero-order chi connectivity index (χ0) is 7.84. The topological polar surface area (TPSA) is 0 Å². The molecule has 2 aliphatic rings. The summed E-state index contributed by atoms with van der Waals surface area (Å²) in [5, 5.41) is 0. The van der Waals surface area contributed by atoms with E-state index in [1.54, 1.807) is 11.5 Å². The van der Waals surface area contributed by atoms with Crippen LogP contribution in [0.15, 0.2) is 23.8 Å². The van der Waals surface area contributed by atoms with Crippen molar-refractivity contribution in [3.05, 3.63) is 29.7 Å². The van der Waals surface area contributed by atoms with Crippen LogP contribution in [0.1, 0.15) is 26.7 Å². The van der Waals surface area contributed by atoms with Crippen molar-refractivity contribution in [2.75, 3.05) is 0 Å². The van der Waals surface area contributed by atoms with Gasteiger partial charge in [-0.15, -0.1) is 19.1 Å². The minimum atomic E-state index is 0. The summed E-state index contributed by atoms with van der Waals surface area (Å²) >= 11 is 0. The molecule has 0 bridgehead atoms. The molecule has 2 aliphatic carbocycles. The van der Waals surface area contributed by atoms with Crippen molar-refractivity contribution >= 4 is 0 Å². The molecule has 2 rings (SSSR count). The molecule has 2 atom stereocenters. The van der Waals surface area contributed by atoms with Crippen molar-refractivity contribution in [3.8, 4) is 0 Å². The molecule has 0 spiro atoms. The van der Waals surface area contributed by atoms with Gasteiger partial charge in [0.15, 0.2) is 0 Å². The first kappa shape index (κ1) is 10.1. The summed E-state index contributed by atoms with van der Waals surface area (Å²) in [6.07, 6.45) is 9.44. The van der Waals surface area contributed by atoms with E-state index < -0.39 is 0 Å². The Balaban J connectivity index is 0.000000720. The van der Waals surface area contributed by atoms with Gasteiger partial charge in [0.1, 0.15) is 0 Å². The first-order valence-corrected chi connectivity index (χ1v) is 4.49. The van der Waals surface area contributed by atoms with Gasteiger partial charge < -0.3 is 0 Å². The van der Waals surface area contributed by atoms with Crippen LogP contribution in [0.2, 0.25) is 0 Å². The minimum Gasteiger partial charge on any atom is -0.212 e. The fourth-order valence-corrected chi connectivity index (χ4v) is 2.24. The summed E-state index contributed by atoms with van der Waals surface area (Å²) in [4.78, 5) is 0. The van der Waals surface area contributed by atoms with Gasteiger partial charge in [-0.05, 0) is 12.3 Å². The molecular weight excluding hydrogens is 180 g/mol. The fourth-order valence-electron chi connectivity index (χ4n) is 2.24. The van der Waals surface area contributed by atoms with E-state index in [1.165, 1.54) is 12.8 Å². The second kappa shape index (κ2) is 3.85. The molecule has 0 radical (unpaired) electrons. The Kier molecular flexibility index (Phi) is 3.25. The molecule has 0 nitrogen and oxygen atoms in total. The van der Waals surface area contributed by atoms with E-state index in [0.29, 0.717) is 0 Å². The minimum absolute atomic E-state index is 0. The monoisotopic (exact) mass is 195 g/mol. The Labute approximate surface area is 90.0 Å². The average molecular weight is 195 g/mol. The maximum absolute atomic E-state index is 2.34. The second-order valence-electron chi connectivity index (χ2n) is 3.80. The van der Waals surface area contributed by atoms with E-state index >= 15 is 0 Å². The zero-order valence-corrected chi connectivity index (χ0v) is 9.36. The molecule has 0 heterocycles. The SMILES string of the molecule is C[C-]1C2=CC=CCC2CC1C.[Ti]. The normalized spacial score (nSPS) is 32.5. The average Bonchev–Trinajstić information content (AvgIpc) is 2.30. The van der Waals surface area contributed by atoms with Crippen molar-refractivity contribution < 1.29 is 21.7 Å². The van der Waals surface area contributed by atoms with Crippen LogP contribution in [-0.4, -0.2) is 0 Å². The van der Waals surface area contributed by atoms with Crippen molar-refractivity contribution in [3.63, 3.8) is 0 Å². The van der Waals surface area contributed by atoms with Crippen LogP contribution in [0.4, 0.5) is 0 Å². The molecule has 1 fully saturated rings. The summed E-state index contributed by atoms with van der Waals surface area (Å²) in [5.74, 6) is 3.31. The van der Waals surface area contributed by atoms with Crippen LogP contribution < -0.4 is 0 Å². The Bertz CT molecular complexity index is 211. The van der Waals surface area contributed by atoms with E-state index in [-0.39, 0.29) is 21.7 Å². The molecule has 0 saturated heterocycles. The van der Waals surface area contributed by atoms with E-state index in [1.807, 2.05) is 0 Å². The summed E-state index contributed by atoms with van der Waals surface area (Å²) in [6.45, 7) is 4.63. The molecular formula is C11H15Ti-. The fraction of sp³-hybridized carbons (Fsp3) is 0.545. The molecule has 1 heteroatoms. The molecule has 64 valence electrons. The van der Waals surface area contributed by atoms with Crippen LogP contribution in [0.5, 0.6) is 0 Å². The molecule has 0 amide bonds. The molecule has 2 unspecified atom stereocenters. The summed E-state index contributed by atoms with van der Waals surface area (Å²) in [7, 11) is 0. The van der Waals surface area contributed by atoms with E-state index in [2.05, 4.69) is 32.1 Å². The van der Waals surface area contributed by atoms with Crippen molar-refractivity contribution in [1.29, 1.82) is 0 Å². The number of rotatable bonds is 0. The molecule has 0 aromatic rings. The number of fused-ring (bicyclic) bond motifs is 1. The van der Waals surface area contributed by atoms with Crippen LogP contribution in [0.3, 0.4) is 0 Å². The first-order chi connectivity index (χ1) is 5.29. The van der Waals surface area contributed by atoms with E-state index in [4.69, 9.17) is 0 Å². The zero-order valence-electron chi connectivity index (χ0n) is 7.80. The van der Waals surface area contributed by atoms with Gasteiger partial charge in [-0.1, -0.05) is 19.3 Å². The van der Waals surface area contributed by atoms with Crippen LogP contribution >= 0.6 is 0 Å². The third-order valence-corrected chi connectivity index (χ3v) is 3.10. The summed E-state index contributed by atoms with van der Waals surface area (Å²) in [6, 6.07) is 0. The molecule has 0 N–H and O–H groups in total.